The second kappa shape index (κ2) is 7.00. The van der Waals surface area contributed by atoms with E-state index in [1.54, 1.807) is 11.3 Å². The van der Waals surface area contributed by atoms with Crippen LogP contribution in [0.2, 0.25) is 0 Å². The molecule has 26 heavy (non-hydrogen) atoms. The van der Waals surface area contributed by atoms with Gasteiger partial charge in [0.2, 0.25) is 0 Å². The molecule has 1 aliphatic heterocycles. The van der Waals surface area contributed by atoms with Crippen molar-refractivity contribution >= 4 is 48.5 Å². The van der Waals surface area contributed by atoms with Gasteiger partial charge < -0.3 is 9.80 Å². The van der Waals surface area contributed by atoms with Gasteiger partial charge in [-0.1, -0.05) is 39.4 Å². The Kier molecular flexibility index (Phi) is 4.71. The minimum Gasteiger partial charge on any atom is -0.345 e. The molecule has 2 heterocycles. The number of piperazine rings is 1. The number of hydrogen-bond donors (Lipinski definition) is 0. The van der Waals surface area contributed by atoms with Gasteiger partial charge >= 0.3 is 0 Å². The molecule has 0 N–H and O–H groups in total. The van der Waals surface area contributed by atoms with Crippen LogP contribution in [0.15, 0.2) is 40.9 Å². The number of halogens is 1. The Morgan fingerprint density at radius 1 is 1.12 bits per heavy atom. The lowest BCUT2D eigenvalue weighted by molar-refractivity contribution is 0.0746. The minimum absolute atomic E-state index is 0.0988. The molecule has 0 saturated carbocycles. The van der Waals surface area contributed by atoms with Crippen LogP contribution in [0.1, 0.15) is 21.5 Å². The molecule has 0 unspecified atom stereocenters. The highest BCUT2D eigenvalue weighted by atomic mass is 79.9. The summed E-state index contributed by atoms with van der Waals surface area (Å²) in [4.78, 5) is 21.8. The second-order valence-corrected chi connectivity index (χ2v) is 8.64. The first-order chi connectivity index (χ1) is 12.5. The van der Waals surface area contributed by atoms with Gasteiger partial charge in [0.05, 0.1) is 10.2 Å². The van der Waals surface area contributed by atoms with Crippen LogP contribution in [0, 0.1) is 13.8 Å². The van der Waals surface area contributed by atoms with Crippen LogP contribution in [-0.4, -0.2) is 42.0 Å². The summed E-state index contributed by atoms with van der Waals surface area (Å²) in [5, 5.41) is 1.06. The zero-order chi connectivity index (χ0) is 18.3. The van der Waals surface area contributed by atoms with E-state index in [4.69, 9.17) is 4.98 Å². The van der Waals surface area contributed by atoms with Crippen molar-refractivity contribution < 1.29 is 4.79 Å². The first-order valence-electron chi connectivity index (χ1n) is 8.69. The molecule has 0 radical (unpaired) electrons. The largest absolute Gasteiger partial charge is 0.345 e. The van der Waals surface area contributed by atoms with E-state index in [9.17, 15) is 4.79 Å². The summed E-state index contributed by atoms with van der Waals surface area (Å²) in [5.74, 6) is 0.0988. The van der Waals surface area contributed by atoms with Gasteiger partial charge in [-0.05, 0) is 49.2 Å². The maximum absolute atomic E-state index is 12.7. The first kappa shape index (κ1) is 17.5. The predicted molar refractivity (Wildman–Crippen MR) is 111 cm³/mol. The molecular weight excluding hydrogens is 410 g/mol. The lowest BCUT2D eigenvalue weighted by Crippen LogP contribution is -2.48. The van der Waals surface area contributed by atoms with Gasteiger partial charge in [0.25, 0.3) is 5.91 Å². The van der Waals surface area contributed by atoms with E-state index >= 15 is 0 Å². The number of rotatable bonds is 2. The van der Waals surface area contributed by atoms with Crippen molar-refractivity contribution in [2.45, 2.75) is 13.8 Å². The molecule has 1 amide bonds. The first-order valence-corrected chi connectivity index (χ1v) is 10.3. The van der Waals surface area contributed by atoms with Crippen molar-refractivity contribution in [1.82, 2.24) is 9.88 Å². The van der Waals surface area contributed by atoms with E-state index in [0.29, 0.717) is 0 Å². The standard InChI is InChI=1S/C20H20BrN3OS/c1-13-10-14(2)18-17(11-13)26-20(22-18)24-8-6-23(7-9-24)19(25)15-4-3-5-16(21)12-15/h3-5,10-12H,6-9H2,1-2H3. The van der Waals surface area contributed by atoms with Crippen LogP contribution in [0.4, 0.5) is 5.13 Å². The summed E-state index contributed by atoms with van der Waals surface area (Å²) in [5.41, 5.74) is 4.34. The van der Waals surface area contributed by atoms with Gasteiger partial charge in [-0.15, -0.1) is 0 Å². The highest BCUT2D eigenvalue weighted by Crippen LogP contribution is 2.32. The predicted octanol–water partition coefficient (Wildman–Crippen LogP) is 4.64. The topological polar surface area (TPSA) is 36.4 Å². The van der Waals surface area contributed by atoms with E-state index in [2.05, 4.69) is 46.8 Å². The number of amides is 1. The van der Waals surface area contributed by atoms with Gasteiger partial charge in [0.15, 0.2) is 5.13 Å². The van der Waals surface area contributed by atoms with E-state index < -0.39 is 0 Å². The van der Waals surface area contributed by atoms with Gasteiger partial charge in [-0.25, -0.2) is 4.98 Å². The maximum Gasteiger partial charge on any atom is 0.254 e. The number of anilines is 1. The average molecular weight is 430 g/mol. The molecule has 1 saturated heterocycles. The number of carbonyl (C=O) groups is 1. The molecule has 1 aromatic heterocycles. The summed E-state index contributed by atoms with van der Waals surface area (Å²) >= 11 is 5.18. The van der Waals surface area contributed by atoms with E-state index in [1.165, 1.54) is 15.8 Å². The summed E-state index contributed by atoms with van der Waals surface area (Å²) in [6.07, 6.45) is 0. The lowest BCUT2D eigenvalue weighted by atomic mass is 10.1. The van der Waals surface area contributed by atoms with E-state index in [1.807, 2.05) is 29.2 Å². The minimum atomic E-state index is 0.0988. The fourth-order valence-electron chi connectivity index (χ4n) is 3.40. The number of aryl methyl sites for hydroxylation is 2. The number of nitrogens with zero attached hydrogens (tertiary/aromatic N) is 3. The highest BCUT2D eigenvalue weighted by Gasteiger charge is 2.24. The second-order valence-electron chi connectivity index (χ2n) is 6.71. The Bertz CT molecular complexity index is 976. The number of carbonyl (C=O) groups excluding carboxylic acids is 1. The molecule has 6 heteroatoms. The van der Waals surface area contributed by atoms with Gasteiger partial charge in [0.1, 0.15) is 0 Å². The van der Waals surface area contributed by atoms with Crippen molar-refractivity contribution in [3.05, 3.63) is 57.6 Å². The zero-order valence-electron chi connectivity index (χ0n) is 14.8. The molecule has 0 bridgehead atoms. The molecule has 2 aromatic carbocycles. The Hall–Kier alpha value is -1.92. The Balaban J connectivity index is 1.48. The molecule has 134 valence electrons. The average Bonchev–Trinajstić information content (AvgIpc) is 3.05. The molecule has 1 fully saturated rings. The van der Waals surface area contributed by atoms with Crippen molar-refractivity contribution in [2.24, 2.45) is 0 Å². The normalized spacial score (nSPS) is 14.9. The monoisotopic (exact) mass is 429 g/mol. The molecule has 3 aromatic rings. The number of aromatic nitrogens is 1. The quantitative estimate of drug-likeness (QED) is 0.595. The highest BCUT2D eigenvalue weighted by molar-refractivity contribution is 9.10. The van der Waals surface area contributed by atoms with Crippen molar-refractivity contribution in [1.29, 1.82) is 0 Å². The van der Waals surface area contributed by atoms with Gasteiger partial charge in [0, 0.05) is 36.2 Å². The summed E-state index contributed by atoms with van der Waals surface area (Å²) in [6.45, 7) is 7.32. The molecule has 1 aliphatic rings. The number of benzene rings is 2. The number of thiazole rings is 1. The third-order valence-corrected chi connectivity index (χ3v) is 6.28. The summed E-state index contributed by atoms with van der Waals surface area (Å²) in [6, 6.07) is 12.0. The number of fused-ring (bicyclic) bond motifs is 1. The van der Waals surface area contributed by atoms with Crippen LogP contribution in [0.3, 0.4) is 0 Å². The molecule has 0 atom stereocenters. The third-order valence-electron chi connectivity index (χ3n) is 4.73. The Labute approximate surface area is 165 Å². The molecule has 0 spiro atoms. The maximum atomic E-state index is 12.7. The smallest absolute Gasteiger partial charge is 0.254 e. The lowest BCUT2D eigenvalue weighted by Gasteiger charge is -2.34. The van der Waals surface area contributed by atoms with Crippen LogP contribution in [0.5, 0.6) is 0 Å². The molecule has 4 rings (SSSR count). The number of hydrogen-bond acceptors (Lipinski definition) is 4. The van der Waals surface area contributed by atoms with E-state index in [-0.39, 0.29) is 5.91 Å². The molecule has 4 nitrogen and oxygen atoms in total. The Morgan fingerprint density at radius 2 is 1.88 bits per heavy atom. The fraction of sp³-hybridized carbons (Fsp3) is 0.300. The third kappa shape index (κ3) is 3.35. The zero-order valence-corrected chi connectivity index (χ0v) is 17.2. The van der Waals surface area contributed by atoms with Crippen LogP contribution in [-0.2, 0) is 0 Å². The van der Waals surface area contributed by atoms with Crippen molar-refractivity contribution in [2.75, 3.05) is 31.1 Å². The van der Waals surface area contributed by atoms with Crippen molar-refractivity contribution in [3.8, 4) is 0 Å². The van der Waals surface area contributed by atoms with Crippen LogP contribution in [0.25, 0.3) is 10.2 Å². The SMILES string of the molecule is Cc1cc(C)c2nc(N3CCN(C(=O)c4cccc(Br)c4)CC3)sc2c1. The van der Waals surface area contributed by atoms with Crippen LogP contribution < -0.4 is 4.90 Å². The Morgan fingerprint density at radius 3 is 2.62 bits per heavy atom. The van der Waals surface area contributed by atoms with Gasteiger partial charge in [-0.2, -0.15) is 0 Å². The van der Waals surface area contributed by atoms with Gasteiger partial charge in [-0.3, -0.25) is 4.79 Å². The van der Waals surface area contributed by atoms with Crippen LogP contribution >= 0.6 is 27.3 Å². The molecular formula is C20H20BrN3OS. The summed E-state index contributed by atoms with van der Waals surface area (Å²) in [7, 11) is 0. The summed E-state index contributed by atoms with van der Waals surface area (Å²) < 4.78 is 2.17. The van der Waals surface area contributed by atoms with E-state index in [0.717, 1.165) is 46.9 Å². The van der Waals surface area contributed by atoms with Crippen molar-refractivity contribution in [3.63, 3.8) is 0 Å². The fourth-order valence-corrected chi connectivity index (χ4v) is 4.99. The molecule has 0 aliphatic carbocycles.